The number of sulfone groups is 1. The van der Waals surface area contributed by atoms with Gasteiger partial charge in [0.1, 0.15) is 9.84 Å². The Hall–Kier alpha value is -0.860. The highest BCUT2D eigenvalue weighted by Crippen LogP contribution is 2.17. The van der Waals surface area contributed by atoms with Gasteiger partial charge in [-0.25, -0.2) is 8.42 Å². The fraction of sp³-hybridized carbons (Fsp3) is 0.923. The van der Waals surface area contributed by atoms with E-state index in [9.17, 15) is 8.42 Å². The zero-order valence-electron chi connectivity index (χ0n) is 13.2. The third kappa shape index (κ3) is 5.12. The normalized spacial score (nSPS) is 19.9. The number of nitrogens with two attached hydrogens (primary N) is 1. The average Bonchev–Trinajstić information content (AvgIpc) is 2.46. The Kier molecular flexibility index (Phi) is 6.42. The van der Waals surface area contributed by atoms with Crippen LogP contribution in [0.2, 0.25) is 0 Å². The van der Waals surface area contributed by atoms with E-state index in [-0.39, 0.29) is 17.3 Å². The Morgan fingerprint density at radius 3 is 2.33 bits per heavy atom. The van der Waals surface area contributed by atoms with Crippen LogP contribution in [0.1, 0.15) is 27.2 Å². The van der Waals surface area contributed by atoms with Crippen LogP contribution in [0.5, 0.6) is 0 Å². The molecule has 0 aromatic heterocycles. The first kappa shape index (κ1) is 18.2. The second kappa shape index (κ2) is 7.42. The Labute approximate surface area is 127 Å². The van der Waals surface area contributed by atoms with Crippen molar-refractivity contribution in [1.29, 1.82) is 0 Å². The number of rotatable bonds is 7. The molecule has 3 N–H and O–H groups in total. The first-order chi connectivity index (χ1) is 9.73. The number of amidine groups is 1. The quantitative estimate of drug-likeness (QED) is 0.295. The van der Waals surface area contributed by atoms with Crippen LogP contribution in [0.4, 0.5) is 0 Å². The summed E-state index contributed by atoms with van der Waals surface area (Å²) in [6.45, 7) is 9.74. The molecule has 1 rings (SSSR count). The van der Waals surface area contributed by atoms with E-state index >= 15 is 0 Å². The van der Waals surface area contributed by atoms with E-state index in [1.807, 2.05) is 13.8 Å². The van der Waals surface area contributed by atoms with Crippen molar-refractivity contribution in [1.82, 2.24) is 9.80 Å². The summed E-state index contributed by atoms with van der Waals surface area (Å²) in [6.07, 6.45) is 0.680. The summed E-state index contributed by atoms with van der Waals surface area (Å²) in [5.74, 6) is 0.693. The van der Waals surface area contributed by atoms with E-state index in [1.54, 1.807) is 6.92 Å². The minimum absolute atomic E-state index is 0.213. The summed E-state index contributed by atoms with van der Waals surface area (Å²) < 4.78 is 22.9. The second-order valence-corrected chi connectivity index (χ2v) is 8.44. The molecule has 0 atom stereocenters. The first-order valence-electron chi connectivity index (χ1n) is 7.38. The summed E-state index contributed by atoms with van der Waals surface area (Å²) in [7, 11) is -2.87. The number of hydrogen-bond acceptors (Lipinski definition) is 6. The average molecular weight is 320 g/mol. The van der Waals surface area contributed by atoms with Crippen molar-refractivity contribution in [3.05, 3.63) is 0 Å². The van der Waals surface area contributed by atoms with Crippen LogP contribution in [-0.4, -0.2) is 79.0 Å². The third-order valence-electron chi connectivity index (χ3n) is 4.27. The van der Waals surface area contributed by atoms with E-state index in [0.29, 0.717) is 6.42 Å². The number of hydrogen-bond donors (Lipinski definition) is 2. The highest BCUT2D eigenvalue weighted by Gasteiger charge is 2.33. The van der Waals surface area contributed by atoms with Gasteiger partial charge in [0, 0.05) is 31.9 Å². The van der Waals surface area contributed by atoms with Crippen LogP contribution >= 0.6 is 0 Å². The van der Waals surface area contributed by atoms with Gasteiger partial charge in [-0.05, 0) is 26.8 Å². The summed E-state index contributed by atoms with van der Waals surface area (Å²) in [6, 6.07) is 0. The van der Waals surface area contributed by atoms with Gasteiger partial charge in [-0.1, -0.05) is 12.1 Å². The number of oxime groups is 1. The van der Waals surface area contributed by atoms with Crippen LogP contribution in [0.15, 0.2) is 5.16 Å². The van der Waals surface area contributed by atoms with Crippen LogP contribution in [0.3, 0.4) is 0 Å². The summed E-state index contributed by atoms with van der Waals surface area (Å²) in [4.78, 5) is 4.45. The van der Waals surface area contributed by atoms with Gasteiger partial charge in [-0.3, -0.25) is 4.90 Å². The van der Waals surface area contributed by atoms with E-state index in [1.165, 1.54) is 0 Å². The van der Waals surface area contributed by atoms with E-state index in [0.717, 1.165) is 32.7 Å². The summed E-state index contributed by atoms with van der Waals surface area (Å²) in [5, 5.41) is 12.0. The SMILES string of the molecule is CCS(=O)(=O)CCCN1CCN(C(C)(C)C(N)=NO)CC1. The number of nitrogens with zero attached hydrogens (tertiary/aromatic N) is 3. The minimum atomic E-state index is -2.87. The Morgan fingerprint density at radius 2 is 1.86 bits per heavy atom. The maximum atomic E-state index is 11.5. The van der Waals surface area contributed by atoms with Crippen LogP contribution in [0.25, 0.3) is 0 Å². The van der Waals surface area contributed by atoms with Crippen LogP contribution < -0.4 is 5.73 Å². The predicted octanol–water partition coefficient (Wildman–Crippen LogP) is -0.0462. The Morgan fingerprint density at radius 1 is 1.29 bits per heavy atom. The predicted molar refractivity (Wildman–Crippen MR) is 84.4 cm³/mol. The maximum Gasteiger partial charge on any atom is 0.159 e. The molecule has 1 aliphatic heterocycles. The molecule has 0 aromatic carbocycles. The molecule has 7 nitrogen and oxygen atoms in total. The van der Waals surface area contributed by atoms with Crippen molar-refractivity contribution < 1.29 is 13.6 Å². The van der Waals surface area contributed by atoms with E-state index in [2.05, 4.69) is 15.0 Å². The molecule has 0 spiro atoms. The molecule has 124 valence electrons. The molecule has 1 fully saturated rings. The van der Waals surface area contributed by atoms with Crippen LogP contribution in [0, 0.1) is 0 Å². The molecule has 0 aromatic rings. The summed E-state index contributed by atoms with van der Waals surface area (Å²) >= 11 is 0. The van der Waals surface area contributed by atoms with Gasteiger partial charge < -0.3 is 15.8 Å². The van der Waals surface area contributed by atoms with Gasteiger partial charge in [0.2, 0.25) is 0 Å². The van der Waals surface area contributed by atoms with Gasteiger partial charge in [0.15, 0.2) is 5.84 Å². The van der Waals surface area contributed by atoms with Crippen molar-refractivity contribution in [3.8, 4) is 0 Å². The van der Waals surface area contributed by atoms with E-state index in [4.69, 9.17) is 10.9 Å². The second-order valence-electron chi connectivity index (χ2n) is 5.96. The largest absolute Gasteiger partial charge is 0.409 e. The first-order valence-corrected chi connectivity index (χ1v) is 9.21. The van der Waals surface area contributed by atoms with Gasteiger partial charge >= 0.3 is 0 Å². The molecular formula is C13H28N4O3S. The van der Waals surface area contributed by atoms with Crippen molar-refractivity contribution in [2.24, 2.45) is 10.9 Å². The fourth-order valence-corrected chi connectivity index (χ4v) is 3.32. The molecule has 0 unspecified atom stereocenters. The molecule has 1 saturated heterocycles. The maximum absolute atomic E-state index is 11.5. The zero-order valence-corrected chi connectivity index (χ0v) is 14.1. The highest BCUT2D eigenvalue weighted by molar-refractivity contribution is 7.91. The molecular weight excluding hydrogens is 292 g/mol. The monoisotopic (exact) mass is 320 g/mol. The lowest BCUT2D eigenvalue weighted by molar-refractivity contribution is 0.0834. The van der Waals surface area contributed by atoms with Crippen molar-refractivity contribution in [3.63, 3.8) is 0 Å². The lowest BCUT2D eigenvalue weighted by Gasteiger charge is -2.43. The fourth-order valence-electron chi connectivity index (χ4n) is 2.47. The standard InChI is InChI=1S/C13H28N4O3S/c1-4-21(19,20)11-5-6-16-7-9-17(10-8-16)13(2,3)12(14)15-18/h18H,4-11H2,1-3H3,(H2,14,15). The zero-order chi connectivity index (χ0) is 16.1. The van der Waals surface area contributed by atoms with Crippen LogP contribution in [-0.2, 0) is 9.84 Å². The molecule has 1 aliphatic rings. The molecule has 8 heteroatoms. The smallest absolute Gasteiger partial charge is 0.159 e. The molecule has 0 saturated carbocycles. The van der Waals surface area contributed by atoms with Gasteiger partial charge in [-0.2, -0.15) is 0 Å². The number of piperazine rings is 1. The Balaban J connectivity index is 2.39. The van der Waals surface area contributed by atoms with Crippen molar-refractivity contribution in [2.75, 3.05) is 44.2 Å². The highest BCUT2D eigenvalue weighted by atomic mass is 32.2. The van der Waals surface area contributed by atoms with E-state index < -0.39 is 15.4 Å². The molecule has 0 bridgehead atoms. The lowest BCUT2D eigenvalue weighted by Crippen LogP contribution is -2.59. The van der Waals surface area contributed by atoms with Gasteiger partial charge in [0.25, 0.3) is 0 Å². The topological polar surface area (TPSA) is 99.2 Å². The molecule has 0 aliphatic carbocycles. The molecule has 0 radical (unpaired) electrons. The Bertz CT molecular complexity index is 454. The van der Waals surface area contributed by atoms with Crippen molar-refractivity contribution in [2.45, 2.75) is 32.7 Å². The molecule has 1 heterocycles. The summed E-state index contributed by atoms with van der Waals surface area (Å²) in [5.41, 5.74) is 5.27. The molecule has 0 amide bonds. The van der Waals surface area contributed by atoms with Crippen molar-refractivity contribution >= 4 is 15.7 Å². The van der Waals surface area contributed by atoms with Gasteiger partial charge in [-0.15, -0.1) is 0 Å². The molecule has 21 heavy (non-hydrogen) atoms. The lowest BCUT2D eigenvalue weighted by atomic mass is 10.0. The van der Waals surface area contributed by atoms with Gasteiger partial charge in [0.05, 0.1) is 11.3 Å². The minimum Gasteiger partial charge on any atom is -0.409 e. The third-order valence-corrected chi connectivity index (χ3v) is 6.06.